The highest BCUT2D eigenvalue weighted by Crippen LogP contribution is 2.32. The van der Waals surface area contributed by atoms with E-state index in [0.717, 1.165) is 30.9 Å². The summed E-state index contributed by atoms with van der Waals surface area (Å²) in [6, 6.07) is 3.88. The first-order valence-electron chi connectivity index (χ1n) is 5.01. The van der Waals surface area contributed by atoms with Crippen LogP contribution < -0.4 is 0 Å². The Morgan fingerprint density at radius 3 is 2.73 bits per heavy atom. The van der Waals surface area contributed by atoms with Crippen molar-refractivity contribution in [1.29, 1.82) is 0 Å². The fraction of sp³-hybridized carbons (Fsp3) is 0.333. The molecule has 15 heavy (non-hydrogen) atoms. The van der Waals surface area contributed by atoms with Crippen LogP contribution in [0.25, 0.3) is 0 Å². The van der Waals surface area contributed by atoms with Crippen molar-refractivity contribution in [3.63, 3.8) is 0 Å². The van der Waals surface area contributed by atoms with Crippen LogP contribution in [0.1, 0.15) is 30.9 Å². The first kappa shape index (κ1) is 10.3. The van der Waals surface area contributed by atoms with Gasteiger partial charge in [-0.1, -0.05) is 18.2 Å². The minimum absolute atomic E-state index is 0.0307. The summed E-state index contributed by atoms with van der Waals surface area (Å²) in [5, 5.41) is 9.85. The molecule has 1 N–H and O–H groups in total. The molecule has 2 rings (SSSR count). The maximum Gasteiger partial charge on any atom is 0.164 e. The fourth-order valence-electron chi connectivity index (χ4n) is 1.88. The normalized spacial score (nSPS) is 17.7. The van der Waals surface area contributed by atoms with Gasteiger partial charge in [-0.05, 0) is 30.9 Å². The molecule has 3 heteroatoms. The molecule has 0 radical (unpaired) electrons. The van der Waals surface area contributed by atoms with Crippen molar-refractivity contribution in [2.75, 3.05) is 0 Å². The molecular weight excluding hydrogens is 198 g/mol. The SMILES string of the molecule is OC(C1=CCCC1)c1cccc(F)c1F. The molecule has 1 aliphatic rings. The lowest BCUT2D eigenvalue weighted by Crippen LogP contribution is -2.04. The highest BCUT2D eigenvalue weighted by molar-refractivity contribution is 5.29. The highest BCUT2D eigenvalue weighted by Gasteiger charge is 2.20. The van der Waals surface area contributed by atoms with Gasteiger partial charge in [-0.15, -0.1) is 0 Å². The number of aliphatic hydroxyl groups excluding tert-OH is 1. The Kier molecular flexibility index (Phi) is 2.82. The van der Waals surface area contributed by atoms with E-state index < -0.39 is 17.7 Å². The molecule has 0 amide bonds. The Hall–Kier alpha value is -1.22. The summed E-state index contributed by atoms with van der Waals surface area (Å²) in [4.78, 5) is 0. The summed E-state index contributed by atoms with van der Waals surface area (Å²) < 4.78 is 26.3. The Morgan fingerprint density at radius 2 is 2.07 bits per heavy atom. The van der Waals surface area contributed by atoms with Crippen LogP contribution in [0.2, 0.25) is 0 Å². The van der Waals surface area contributed by atoms with Crippen molar-refractivity contribution in [2.45, 2.75) is 25.4 Å². The van der Waals surface area contributed by atoms with E-state index in [1.165, 1.54) is 12.1 Å². The van der Waals surface area contributed by atoms with Crippen molar-refractivity contribution in [3.05, 3.63) is 47.0 Å². The Bertz CT molecular complexity index is 399. The summed E-state index contributed by atoms with van der Waals surface area (Å²) in [5.74, 6) is -1.86. The molecule has 0 heterocycles. The van der Waals surface area contributed by atoms with Crippen LogP contribution in [-0.2, 0) is 0 Å². The van der Waals surface area contributed by atoms with Crippen molar-refractivity contribution >= 4 is 0 Å². The lowest BCUT2D eigenvalue weighted by atomic mass is 10.0. The van der Waals surface area contributed by atoms with E-state index in [9.17, 15) is 13.9 Å². The van der Waals surface area contributed by atoms with Crippen LogP contribution in [0.15, 0.2) is 29.8 Å². The third-order valence-electron chi connectivity index (χ3n) is 2.70. The maximum absolute atomic E-state index is 13.3. The van der Waals surface area contributed by atoms with Gasteiger partial charge in [0.15, 0.2) is 11.6 Å². The lowest BCUT2D eigenvalue weighted by molar-refractivity contribution is 0.206. The van der Waals surface area contributed by atoms with Gasteiger partial charge >= 0.3 is 0 Å². The second-order valence-electron chi connectivity index (χ2n) is 3.72. The molecule has 0 fully saturated rings. The molecule has 1 atom stereocenters. The van der Waals surface area contributed by atoms with E-state index in [0.29, 0.717) is 0 Å². The molecule has 0 saturated carbocycles. The topological polar surface area (TPSA) is 20.2 Å². The van der Waals surface area contributed by atoms with E-state index in [4.69, 9.17) is 0 Å². The molecule has 0 bridgehead atoms. The van der Waals surface area contributed by atoms with E-state index >= 15 is 0 Å². The van der Waals surface area contributed by atoms with Crippen LogP contribution >= 0.6 is 0 Å². The van der Waals surface area contributed by atoms with E-state index in [1.54, 1.807) is 0 Å². The van der Waals surface area contributed by atoms with Crippen LogP contribution in [-0.4, -0.2) is 5.11 Å². The molecule has 80 valence electrons. The summed E-state index contributed by atoms with van der Waals surface area (Å²) in [6.45, 7) is 0. The van der Waals surface area contributed by atoms with Gasteiger partial charge in [-0.3, -0.25) is 0 Å². The standard InChI is InChI=1S/C12H12F2O/c13-10-7-3-6-9(11(10)14)12(15)8-4-1-2-5-8/h3-4,6-7,12,15H,1-2,5H2. The third-order valence-corrected chi connectivity index (χ3v) is 2.70. The molecule has 0 aromatic heterocycles. The zero-order valence-electron chi connectivity index (χ0n) is 8.21. The first-order valence-corrected chi connectivity index (χ1v) is 5.01. The van der Waals surface area contributed by atoms with E-state index in [1.807, 2.05) is 6.08 Å². The first-order chi connectivity index (χ1) is 7.20. The lowest BCUT2D eigenvalue weighted by Gasteiger charge is -2.13. The average Bonchev–Trinajstić information content (AvgIpc) is 2.74. The smallest absolute Gasteiger partial charge is 0.164 e. The minimum atomic E-state index is -0.997. The number of hydrogen-bond acceptors (Lipinski definition) is 1. The number of allylic oxidation sites excluding steroid dienone is 1. The van der Waals surface area contributed by atoms with Gasteiger partial charge in [0.1, 0.15) is 6.10 Å². The quantitative estimate of drug-likeness (QED) is 0.743. The van der Waals surface area contributed by atoms with Gasteiger partial charge in [0.25, 0.3) is 0 Å². The number of benzene rings is 1. The summed E-state index contributed by atoms with van der Waals surface area (Å²) in [5.41, 5.74) is 0.822. The summed E-state index contributed by atoms with van der Waals surface area (Å²) in [6.07, 6.45) is 3.54. The molecular formula is C12H12F2O. The second kappa shape index (κ2) is 4.11. The Labute approximate surface area is 87.1 Å². The van der Waals surface area contributed by atoms with Crippen LogP contribution in [0.5, 0.6) is 0 Å². The van der Waals surface area contributed by atoms with E-state index in [2.05, 4.69) is 0 Å². The fourth-order valence-corrected chi connectivity index (χ4v) is 1.88. The third kappa shape index (κ3) is 1.92. The number of aliphatic hydroxyl groups is 1. The molecule has 1 aromatic rings. The molecule has 0 saturated heterocycles. The highest BCUT2D eigenvalue weighted by atomic mass is 19.2. The molecule has 1 aromatic carbocycles. The predicted octanol–water partition coefficient (Wildman–Crippen LogP) is 3.11. The van der Waals surface area contributed by atoms with Crippen LogP contribution in [0.3, 0.4) is 0 Å². The molecule has 1 unspecified atom stereocenters. The molecule has 1 aliphatic carbocycles. The van der Waals surface area contributed by atoms with Crippen molar-refractivity contribution in [3.8, 4) is 0 Å². The Balaban J connectivity index is 2.32. The number of hydrogen-bond donors (Lipinski definition) is 1. The van der Waals surface area contributed by atoms with Gasteiger partial charge in [0, 0.05) is 5.56 Å². The summed E-state index contributed by atoms with van der Waals surface area (Å²) >= 11 is 0. The van der Waals surface area contributed by atoms with Gasteiger partial charge in [-0.2, -0.15) is 0 Å². The van der Waals surface area contributed by atoms with Gasteiger partial charge in [0.2, 0.25) is 0 Å². The minimum Gasteiger partial charge on any atom is -0.384 e. The monoisotopic (exact) mass is 210 g/mol. The van der Waals surface area contributed by atoms with Gasteiger partial charge in [-0.25, -0.2) is 8.78 Å². The van der Waals surface area contributed by atoms with Crippen molar-refractivity contribution in [2.24, 2.45) is 0 Å². The largest absolute Gasteiger partial charge is 0.384 e. The van der Waals surface area contributed by atoms with E-state index in [-0.39, 0.29) is 5.56 Å². The maximum atomic E-state index is 13.3. The van der Waals surface area contributed by atoms with Gasteiger partial charge in [0.05, 0.1) is 0 Å². The van der Waals surface area contributed by atoms with Gasteiger partial charge < -0.3 is 5.11 Å². The molecule has 0 spiro atoms. The van der Waals surface area contributed by atoms with Crippen LogP contribution in [0, 0.1) is 11.6 Å². The van der Waals surface area contributed by atoms with Crippen molar-refractivity contribution in [1.82, 2.24) is 0 Å². The Morgan fingerprint density at radius 1 is 1.27 bits per heavy atom. The zero-order chi connectivity index (χ0) is 10.8. The van der Waals surface area contributed by atoms with Crippen LogP contribution in [0.4, 0.5) is 8.78 Å². The molecule has 0 aliphatic heterocycles. The predicted molar refractivity (Wildman–Crippen MR) is 53.3 cm³/mol. The summed E-state index contributed by atoms with van der Waals surface area (Å²) in [7, 11) is 0. The average molecular weight is 210 g/mol. The second-order valence-corrected chi connectivity index (χ2v) is 3.72. The number of halogens is 2. The zero-order valence-corrected chi connectivity index (χ0v) is 8.21. The molecule has 1 nitrogen and oxygen atoms in total. The number of rotatable bonds is 2. The van der Waals surface area contributed by atoms with Crippen molar-refractivity contribution < 1.29 is 13.9 Å².